The van der Waals surface area contributed by atoms with Crippen LogP contribution in [0.3, 0.4) is 0 Å². The number of nitrogens with zero attached hydrogens (tertiary/aromatic N) is 10. The van der Waals surface area contributed by atoms with E-state index in [1.165, 1.54) is 188 Å². The molecule has 8 aromatic rings. The number of benzene rings is 6. The molecule has 6 aromatic carbocycles. The number of imide groups is 2. The van der Waals surface area contributed by atoms with Crippen molar-refractivity contribution in [2.45, 2.75) is 254 Å². The number of Topliss-reactive ketones (excluding diaryl/α,β-unsaturated/α-hetero) is 1. The molecule has 10 rings (SSSR count). The Morgan fingerprint density at radius 3 is 1.29 bits per heavy atom. The number of carbonyl (C=O) groups excluding carboxylic acids is 9. The molecule has 2 fully saturated rings. The number of hydrogen-bond donors (Lipinski definition) is 3. The molecular weight excluding hydrogens is 1670 g/mol. The summed E-state index contributed by atoms with van der Waals surface area (Å²) in [7, 11) is 9.51. The fraction of sp³-hybridized carbons (Fsp3) is 0.515. The maximum atomic E-state index is 14.8. The van der Waals surface area contributed by atoms with Gasteiger partial charge in [0.15, 0.2) is 11.9 Å². The van der Waals surface area contributed by atoms with Crippen molar-refractivity contribution in [1.82, 2.24) is 44.2 Å². The van der Waals surface area contributed by atoms with E-state index >= 15 is 0 Å². The summed E-state index contributed by atoms with van der Waals surface area (Å²) in [5.74, 6) is -2.91. The Hall–Kier alpha value is -11.9. The van der Waals surface area contributed by atoms with Crippen molar-refractivity contribution >= 4 is 86.6 Å². The summed E-state index contributed by atoms with van der Waals surface area (Å²) in [5, 5.41) is 11.6. The number of ketones is 1. The standard InChI is InChI=1S/C46H60N6O8.C34H48N4O5.C12H14N2O3.C6H15N.C3H6O/c1-6-8-9-10-11-12-13-14-15-16-17-23-30-60-45(56)34-28-29-38(58-5)37(31-34)48-41(53)39(40-47-36-27-22-21-26-35(36)42(54)52(40)49(3)4)51-43(55)44(59-7-2)50(46(51)57)32-33-24-19-18-20-25-33;1-5-6-7-8-9-10-11-12-13-14-15-18-23-43-34(41)26-21-22-30(42-4)29(24-26)36-32(39)25-31-35-28-20-17-16-19-27(28)33(40)38(31)37(2)3;1-2-17-11-10(15)13-12(16)14(11)8-9-6-4-3-5-7-9;1-4-7(5-2)6-3;1-3(2)4/h18-22,24-29,31,39,44H,6-17,23,30,32H2,1-5H3,(H,48,53);16-17,19-22,24H,5-15,18,23,25H2,1-4H3,(H,36,39);3-7,11H,2,8H2,1H3,(H,13,15,16);4-6H2,1-3H3;1-2H3/i;;;;1D. The van der Waals surface area contributed by atoms with Gasteiger partial charge in [0.2, 0.25) is 18.4 Å². The van der Waals surface area contributed by atoms with Crippen molar-refractivity contribution in [3.63, 3.8) is 0 Å². The van der Waals surface area contributed by atoms with Gasteiger partial charge in [-0.25, -0.2) is 43.4 Å². The van der Waals surface area contributed by atoms with E-state index in [0.717, 1.165) is 65.6 Å². The molecule has 3 unspecified atom stereocenters. The highest BCUT2D eigenvalue weighted by molar-refractivity contribution is 6.09. The summed E-state index contributed by atoms with van der Waals surface area (Å²) in [5.41, 5.74) is 2.59. The van der Waals surface area contributed by atoms with E-state index in [4.69, 9.17) is 34.8 Å². The molecule has 2 aromatic heterocycles. The molecule has 131 heavy (non-hydrogen) atoms. The largest absolute Gasteiger partial charge is 0.495 e. The van der Waals surface area contributed by atoms with Gasteiger partial charge in [-0.15, -0.1) is 0 Å². The lowest BCUT2D eigenvalue weighted by atomic mass is 10.1. The lowest BCUT2D eigenvalue weighted by Crippen LogP contribution is -2.48. The first-order valence-corrected chi connectivity index (χ1v) is 46.6. The van der Waals surface area contributed by atoms with Crippen molar-refractivity contribution in [3.05, 3.63) is 200 Å². The van der Waals surface area contributed by atoms with E-state index in [-0.39, 0.29) is 78.1 Å². The van der Waals surface area contributed by atoms with Gasteiger partial charge in [-0.1, -0.05) is 261 Å². The van der Waals surface area contributed by atoms with Gasteiger partial charge < -0.3 is 58.8 Å². The van der Waals surface area contributed by atoms with Gasteiger partial charge >= 0.3 is 24.0 Å². The third-order valence-corrected chi connectivity index (χ3v) is 21.9. The summed E-state index contributed by atoms with van der Waals surface area (Å²) < 4.78 is 42.0. The SMILES string of the molecule is CCCCCCCCCCCCCCOC(=O)c1ccc(OC)c(NC(=O)C(c2nc3ccccc3c(=O)n2N(C)C)N2C(=O)C(OCC)N(Cc3ccccc3)C2=O)c1.CCCCCCCCCCCCCCOC(=O)c1ccc(OC)c(NC(=O)Cc2nc3ccccc3c(=O)n2N(C)C)c1.CCN(CC)CC.CCOC1C(=O)NC(=O)N1Cc1ccccc1.[2H]CC(C)=O. The predicted molar refractivity (Wildman–Crippen MR) is 515 cm³/mol. The number of anilines is 2. The highest BCUT2D eigenvalue weighted by atomic mass is 16.5. The van der Waals surface area contributed by atoms with Gasteiger partial charge in [-0.05, 0) is 132 Å². The second kappa shape index (κ2) is 59.4. The topological polar surface area (TPSA) is 334 Å². The Morgan fingerprint density at radius 2 is 0.878 bits per heavy atom. The molecule has 714 valence electrons. The molecule has 2 aliphatic rings. The molecule has 0 spiro atoms. The number of ether oxygens (including phenoxy) is 6. The number of para-hydroxylation sites is 2. The summed E-state index contributed by atoms with van der Waals surface area (Å²) in [6.45, 7) is 20.9. The van der Waals surface area contributed by atoms with Crippen LogP contribution in [0.15, 0.2) is 155 Å². The molecule has 30 heteroatoms. The number of unbranched alkanes of at least 4 members (excludes halogenated alkanes) is 22. The number of carbonyl (C=O) groups is 9. The van der Waals surface area contributed by atoms with Crippen LogP contribution in [0.5, 0.6) is 11.5 Å². The average molecular weight is 1810 g/mol. The van der Waals surface area contributed by atoms with Crippen LogP contribution < -0.4 is 46.6 Å². The van der Waals surface area contributed by atoms with Crippen LogP contribution in [0.25, 0.3) is 21.8 Å². The van der Waals surface area contributed by atoms with Crippen LogP contribution in [0.2, 0.25) is 0 Å². The molecule has 2 saturated heterocycles. The van der Waals surface area contributed by atoms with Crippen LogP contribution in [-0.2, 0) is 62.4 Å². The minimum absolute atomic E-state index is 0.00376. The molecule has 8 amide bonds. The molecule has 3 N–H and O–H groups in total. The van der Waals surface area contributed by atoms with Gasteiger partial charge in [0.05, 0.1) is 91.3 Å². The highest BCUT2D eigenvalue weighted by Gasteiger charge is 2.53. The lowest BCUT2D eigenvalue weighted by molar-refractivity contribution is -0.145. The number of nitrogens with one attached hydrogen (secondary N) is 3. The zero-order valence-electron chi connectivity index (χ0n) is 80.7. The van der Waals surface area contributed by atoms with Crippen molar-refractivity contribution in [2.24, 2.45) is 0 Å². The molecule has 3 atom stereocenters. The minimum atomic E-state index is -1.79. The molecule has 0 radical (unpaired) electrons. The molecule has 4 heterocycles. The van der Waals surface area contributed by atoms with Crippen LogP contribution in [0.4, 0.5) is 21.0 Å². The van der Waals surface area contributed by atoms with E-state index in [1.54, 1.807) is 114 Å². The van der Waals surface area contributed by atoms with Crippen LogP contribution in [0, 0.1) is 0 Å². The fourth-order valence-corrected chi connectivity index (χ4v) is 15.0. The van der Waals surface area contributed by atoms with Gasteiger partial charge in [0.1, 0.15) is 23.1 Å². The van der Waals surface area contributed by atoms with E-state index < -0.39 is 71.7 Å². The number of fused-ring (bicyclic) bond motifs is 2. The second-order valence-electron chi connectivity index (χ2n) is 32.4. The Kier molecular flexibility index (Phi) is 48.1. The van der Waals surface area contributed by atoms with Crippen molar-refractivity contribution in [1.29, 1.82) is 0 Å². The van der Waals surface area contributed by atoms with E-state index in [0.29, 0.717) is 53.5 Å². The van der Waals surface area contributed by atoms with Crippen molar-refractivity contribution < 1.29 is 72.9 Å². The van der Waals surface area contributed by atoms with E-state index in [9.17, 15) is 52.7 Å². The first-order valence-electron chi connectivity index (χ1n) is 47.3. The third-order valence-electron chi connectivity index (χ3n) is 21.9. The predicted octanol–water partition coefficient (Wildman–Crippen LogP) is 17.7. The number of urea groups is 2. The van der Waals surface area contributed by atoms with Gasteiger partial charge in [-0.2, -0.15) is 0 Å². The molecule has 0 saturated carbocycles. The molecule has 0 aliphatic carbocycles. The number of rotatable bonds is 50. The molecule has 2 aliphatic heterocycles. The number of methoxy groups -OCH3 is 2. The summed E-state index contributed by atoms with van der Waals surface area (Å²) >= 11 is 0. The summed E-state index contributed by atoms with van der Waals surface area (Å²) in [4.78, 5) is 158. The third kappa shape index (κ3) is 34.7. The van der Waals surface area contributed by atoms with Gasteiger partial charge in [0, 0.05) is 42.8 Å². The van der Waals surface area contributed by atoms with E-state index in [1.807, 2.05) is 60.7 Å². The maximum Gasteiger partial charge on any atom is 0.338 e. The van der Waals surface area contributed by atoms with Crippen LogP contribution >= 0.6 is 0 Å². The normalized spacial score (nSPS) is 13.6. The van der Waals surface area contributed by atoms with Crippen LogP contribution in [-0.4, -0.2) is 193 Å². The summed E-state index contributed by atoms with van der Waals surface area (Å²) in [6, 6.07) is 38.5. The van der Waals surface area contributed by atoms with Crippen molar-refractivity contribution in [3.8, 4) is 11.5 Å². The Bertz CT molecular complexity index is 5030. The molecular formula is C101H143N13O17. The highest BCUT2D eigenvalue weighted by Crippen LogP contribution is 2.35. The first-order chi connectivity index (χ1) is 63.8. The Balaban J connectivity index is 0.000000319. The summed E-state index contributed by atoms with van der Waals surface area (Å²) in [6.07, 6.45) is 26.8. The number of hydrogen-bond acceptors (Lipinski definition) is 22. The van der Waals surface area contributed by atoms with Gasteiger partial charge in [0.25, 0.3) is 28.8 Å². The van der Waals surface area contributed by atoms with Crippen LogP contribution in [0.1, 0.15) is 267 Å². The fourth-order valence-electron chi connectivity index (χ4n) is 15.0. The van der Waals surface area contributed by atoms with Crippen molar-refractivity contribution in [2.75, 3.05) is 109 Å². The first kappa shape index (κ1) is 106. The zero-order chi connectivity index (χ0) is 96.3. The monoisotopic (exact) mass is 1810 g/mol. The number of amides is 8. The Morgan fingerprint density at radius 1 is 0.481 bits per heavy atom. The minimum Gasteiger partial charge on any atom is -0.495 e. The number of esters is 2. The quantitative estimate of drug-likeness (QED) is 0.0181. The van der Waals surface area contributed by atoms with E-state index in [2.05, 4.69) is 60.5 Å². The van der Waals surface area contributed by atoms with Gasteiger partial charge in [-0.3, -0.25) is 43.9 Å². The zero-order valence-corrected chi connectivity index (χ0v) is 79.7. The second-order valence-corrected chi connectivity index (χ2v) is 32.4. The molecule has 30 nitrogen and oxygen atoms in total. The Labute approximate surface area is 775 Å². The molecule has 0 bridgehead atoms. The maximum absolute atomic E-state index is 14.8. The average Bonchev–Trinajstić information content (AvgIpc) is 1.46. The smallest absolute Gasteiger partial charge is 0.338 e. The lowest BCUT2D eigenvalue weighted by Gasteiger charge is -2.29. The number of aromatic nitrogens is 4.